The van der Waals surface area contributed by atoms with Crippen LogP contribution in [0, 0.1) is 0 Å². The number of aliphatic hydroxyl groups excluding tert-OH is 1. The lowest BCUT2D eigenvalue weighted by Gasteiger charge is -2.28. The second-order valence-electron chi connectivity index (χ2n) is 4.58. The Kier molecular flexibility index (Phi) is 4.72. The molecule has 0 saturated carbocycles. The quantitative estimate of drug-likeness (QED) is 0.911. The number of aromatic nitrogens is 1. The highest BCUT2D eigenvalue weighted by Gasteiger charge is 2.25. The van der Waals surface area contributed by atoms with Crippen molar-refractivity contribution in [1.29, 1.82) is 0 Å². The first-order valence-corrected chi connectivity index (χ1v) is 7.04. The Bertz CT molecular complexity index is 425. The maximum Gasteiger partial charge on any atom is 0.255 e. The van der Waals surface area contributed by atoms with Crippen molar-refractivity contribution in [3.05, 3.63) is 28.5 Å². The smallest absolute Gasteiger partial charge is 0.255 e. The van der Waals surface area contributed by atoms with Gasteiger partial charge in [-0.3, -0.25) is 9.78 Å². The van der Waals surface area contributed by atoms with Gasteiger partial charge in [0.2, 0.25) is 0 Å². The number of pyridine rings is 1. The van der Waals surface area contributed by atoms with Crippen LogP contribution in [-0.4, -0.2) is 40.1 Å². The Morgan fingerprint density at radius 1 is 1.44 bits per heavy atom. The van der Waals surface area contributed by atoms with Gasteiger partial charge in [0.25, 0.3) is 5.91 Å². The summed E-state index contributed by atoms with van der Waals surface area (Å²) in [6, 6.07) is 1.72. The van der Waals surface area contributed by atoms with Gasteiger partial charge in [-0.15, -0.1) is 0 Å². The minimum absolute atomic E-state index is 0.0349. The molecule has 0 aliphatic carbocycles. The third-order valence-corrected chi connectivity index (χ3v) is 3.73. The zero-order valence-corrected chi connectivity index (χ0v) is 11.8. The predicted octanol–water partition coefficient (Wildman–Crippen LogP) is 2.22. The Morgan fingerprint density at radius 3 is 3.00 bits per heavy atom. The maximum absolute atomic E-state index is 12.4. The molecule has 1 N–H and O–H groups in total. The van der Waals surface area contributed by atoms with Crippen molar-refractivity contribution in [2.75, 3.05) is 13.2 Å². The number of carbonyl (C=O) groups is 1. The van der Waals surface area contributed by atoms with Crippen molar-refractivity contribution in [2.45, 2.75) is 31.7 Å². The van der Waals surface area contributed by atoms with Crippen LogP contribution in [0.4, 0.5) is 0 Å². The van der Waals surface area contributed by atoms with Gasteiger partial charge in [-0.05, 0) is 34.8 Å². The van der Waals surface area contributed by atoms with Gasteiger partial charge in [0.15, 0.2) is 0 Å². The number of likely N-dealkylation sites (tertiary alicyclic amines) is 1. The third kappa shape index (κ3) is 3.09. The zero-order chi connectivity index (χ0) is 13.0. The van der Waals surface area contributed by atoms with Crippen LogP contribution < -0.4 is 0 Å². The van der Waals surface area contributed by atoms with Gasteiger partial charge in [0.05, 0.1) is 18.2 Å². The van der Waals surface area contributed by atoms with E-state index in [0.717, 1.165) is 36.7 Å². The number of amides is 1. The Morgan fingerprint density at radius 2 is 2.28 bits per heavy atom. The number of halogens is 1. The van der Waals surface area contributed by atoms with Crippen LogP contribution in [0.15, 0.2) is 22.9 Å². The highest BCUT2D eigenvalue weighted by Crippen LogP contribution is 2.20. The topological polar surface area (TPSA) is 53.4 Å². The summed E-state index contributed by atoms with van der Waals surface area (Å²) in [5, 5.41) is 9.42. The lowest BCUT2D eigenvalue weighted by molar-refractivity contribution is 0.0599. The summed E-state index contributed by atoms with van der Waals surface area (Å²) in [4.78, 5) is 18.2. The Hall–Kier alpha value is -0.940. The van der Waals surface area contributed by atoms with Crippen LogP contribution in [0.25, 0.3) is 0 Å². The molecule has 2 rings (SSSR count). The van der Waals surface area contributed by atoms with Crippen molar-refractivity contribution in [3.63, 3.8) is 0 Å². The van der Waals surface area contributed by atoms with E-state index in [9.17, 15) is 9.90 Å². The molecule has 0 aromatic carbocycles. The molecule has 5 heteroatoms. The van der Waals surface area contributed by atoms with Crippen molar-refractivity contribution >= 4 is 21.8 Å². The molecule has 1 unspecified atom stereocenters. The number of hydrogen-bond acceptors (Lipinski definition) is 3. The summed E-state index contributed by atoms with van der Waals surface area (Å²) in [7, 11) is 0. The molecule has 0 radical (unpaired) electrons. The number of nitrogens with zero attached hydrogens (tertiary/aromatic N) is 2. The van der Waals surface area contributed by atoms with Crippen molar-refractivity contribution in [1.82, 2.24) is 9.88 Å². The molecule has 1 aliphatic heterocycles. The first kappa shape index (κ1) is 13.5. The number of rotatable bonds is 2. The summed E-state index contributed by atoms with van der Waals surface area (Å²) in [5.41, 5.74) is 0.574. The largest absolute Gasteiger partial charge is 0.394 e. The SMILES string of the molecule is O=C(c1cncc(Br)c1)N1CCCCCC1CO. The van der Waals surface area contributed by atoms with Gasteiger partial charge in [-0.1, -0.05) is 12.8 Å². The summed E-state index contributed by atoms with van der Waals surface area (Å²) in [6.45, 7) is 0.754. The fourth-order valence-corrected chi connectivity index (χ4v) is 2.69. The molecule has 1 atom stereocenters. The molecule has 0 bridgehead atoms. The van der Waals surface area contributed by atoms with Gasteiger partial charge < -0.3 is 10.0 Å². The van der Waals surface area contributed by atoms with E-state index in [0.29, 0.717) is 5.56 Å². The van der Waals surface area contributed by atoms with Gasteiger partial charge in [0, 0.05) is 23.4 Å². The minimum atomic E-state index is -0.0565. The lowest BCUT2D eigenvalue weighted by atomic mass is 10.1. The van der Waals surface area contributed by atoms with E-state index in [-0.39, 0.29) is 18.6 Å². The highest BCUT2D eigenvalue weighted by atomic mass is 79.9. The fourth-order valence-electron chi connectivity index (χ4n) is 2.33. The number of hydrogen-bond donors (Lipinski definition) is 1. The van der Waals surface area contributed by atoms with E-state index in [4.69, 9.17) is 0 Å². The average Bonchev–Trinajstić information content (AvgIpc) is 2.62. The van der Waals surface area contributed by atoms with Crippen LogP contribution in [0.1, 0.15) is 36.0 Å². The predicted molar refractivity (Wildman–Crippen MR) is 72.3 cm³/mol. The summed E-state index contributed by atoms with van der Waals surface area (Å²) in [5.74, 6) is -0.0373. The van der Waals surface area contributed by atoms with Crippen molar-refractivity contribution < 1.29 is 9.90 Å². The fraction of sp³-hybridized carbons (Fsp3) is 0.538. The highest BCUT2D eigenvalue weighted by molar-refractivity contribution is 9.10. The first-order valence-electron chi connectivity index (χ1n) is 6.24. The summed E-state index contributed by atoms with van der Waals surface area (Å²) < 4.78 is 0.795. The monoisotopic (exact) mass is 312 g/mol. The van der Waals surface area contributed by atoms with Crippen LogP contribution in [0.5, 0.6) is 0 Å². The van der Waals surface area contributed by atoms with E-state index < -0.39 is 0 Å². The molecule has 98 valence electrons. The zero-order valence-electron chi connectivity index (χ0n) is 10.2. The Balaban J connectivity index is 2.19. The molecule has 1 aromatic rings. The van der Waals surface area contributed by atoms with Gasteiger partial charge in [-0.2, -0.15) is 0 Å². The van der Waals surface area contributed by atoms with E-state index in [1.165, 1.54) is 0 Å². The maximum atomic E-state index is 12.4. The lowest BCUT2D eigenvalue weighted by Crippen LogP contribution is -2.42. The molecule has 4 nitrogen and oxygen atoms in total. The van der Waals surface area contributed by atoms with E-state index >= 15 is 0 Å². The molecule has 2 heterocycles. The molecule has 18 heavy (non-hydrogen) atoms. The summed E-state index contributed by atoms with van der Waals surface area (Å²) >= 11 is 3.32. The van der Waals surface area contributed by atoms with Crippen molar-refractivity contribution in [2.24, 2.45) is 0 Å². The van der Waals surface area contributed by atoms with Crippen LogP contribution in [0.2, 0.25) is 0 Å². The van der Waals surface area contributed by atoms with Gasteiger partial charge in [0.1, 0.15) is 0 Å². The van der Waals surface area contributed by atoms with E-state index in [1.807, 2.05) is 0 Å². The standard InChI is InChI=1S/C13H17BrN2O2/c14-11-6-10(7-15-8-11)13(18)16-5-3-1-2-4-12(16)9-17/h6-8,12,17H,1-5,9H2. The van der Waals surface area contributed by atoms with E-state index in [2.05, 4.69) is 20.9 Å². The van der Waals surface area contributed by atoms with E-state index in [1.54, 1.807) is 23.4 Å². The van der Waals surface area contributed by atoms with Gasteiger partial charge >= 0.3 is 0 Å². The normalized spacial score (nSPS) is 20.6. The third-order valence-electron chi connectivity index (χ3n) is 3.30. The molecular formula is C13H17BrN2O2. The number of aliphatic hydroxyl groups is 1. The molecule has 1 amide bonds. The number of carbonyl (C=O) groups excluding carboxylic acids is 1. The second kappa shape index (κ2) is 6.29. The molecular weight excluding hydrogens is 296 g/mol. The molecule has 1 fully saturated rings. The van der Waals surface area contributed by atoms with Gasteiger partial charge in [-0.25, -0.2) is 0 Å². The summed E-state index contributed by atoms with van der Waals surface area (Å²) in [6.07, 6.45) is 7.31. The van der Waals surface area contributed by atoms with Crippen LogP contribution >= 0.6 is 15.9 Å². The molecule has 1 saturated heterocycles. The molecule has 1 aliphatic rings. The second-order valence-corrected chi connectivity index (χ2v) is 5.49. The van der Waals surface area contributed by atoms with Crippen LogP contribution in [-0.2, 0) is 0 Å². The minimum Gasteiger partial charge on any atom is -0.394 e. The molecule has 0 spiro atoms. The van der Waals surface area contributed by atoms with Crippen LogP contribution in [0.3, 0.4) is 0 Å². The van der Waals surface area contributed by atoms with Crippen molar-refractivity contribution in [3.8, 4) is 0 Å². The average molecular weight is 313 g/mol. The Labute approximate surface area is 115 Å². The molecule has 1 aromatic heterocycles. The first-order chi connectivity index (χ1) is 8.72.